The SMILES string of the molecule is CCOc1ccccc1N1CCN(C(=O)[C@H](C)NS(=O)(=O)c2ccccc2F)CC1. The van der Waals surface area contributed by atoms with Crippen molar-refractivity contribution < 1.29 is 22.3 Å². The molecule has 1 amide bonds. The van der Waals surface area contributed by atoms with Gasteiger partial charge < -0.3 is 14.5 Å². The van der Waals surface area contributed by atoms with Gasteiger partial charge in [-0.25, -0.2) is 12.8 Å². The molecule has 0 aromatic heterocycles. The number of nitrogens with zero attached hydrogens (tertiary/aromatic N) is 2. The van der Waals surface area contributed by atoms with Crippen molar-refractivity contribution in [3.63, 3.8) is 0 Å². The van der Waals surface area contributed by atoms with Crippen LogP contribution in [0.15, 0.2) is 53.4 Å². The Kier molecular flexibility index (Phi) is 6.94. The van der Waals surface area contributed by atoms with Gasteiger partial charge in [-0.3, -0.25) is 4.79 Å². The van der Waals surface area contributed by atoms with E-state index in [1.54, 1.807) is 4.90 Å². The Morgan fingerprint density at radius 3 is 2.40 bits per heavy atom. The number of sulfonamides is 1. The monoisotopic (exact) mass is 435 g/mol. The van der Waals surface area contributed by atoms with Crippen molar-refractivity contribution in [1.29, 1.82) is 0 Å². The second kappa shape index (κ2) is 9.44. The van der Waals surface area contributed by atoms with Crippen LogP contribution in [0.1, 0.15) is 13.8 Å². The van der Waals surface area contributed by atoms with Gasteiger partial charge in [0.1, 0.15) is 16.5 Å². The van der Waals surface area contributed by atoms with E-state index in [1.807, 2.05) is 31.2 Å². The Hall–Kier alpha value is -2.65. The number of benzene rings is 2. The average molecular weight is 436 g/mol. The molecule has 30 heavy (non-hydrogen) atoms. The Morgan fingerprint density at radius 2 is 1.73 bits per heavy atom. The molecule has 2 aromatic carbocycles. The number of carbonyl (C=O) groups excluding carboxylic acids is 1. The summed E-state index contributed by atoms with van der Waals surface area (Å²) in [6.45, 7) is 6.06. The average Bonchev–Trinajstić information content (AvgIpc) is 2.74. The molecular formula is C21H26FN3O4S. The van der Waals surface area contributed by atoms with Gasteiger partial charge >= 0.3 is 0 Å². The van der Waals surface area contributed by atoms with Crippen LogP contribution in [-0.4, -0.2) is 58.1 Å². The molecule has 0 saturated carbocycles. The zero-order chi connectivity index (χ0) is 21.7. The van der Waals surface area contributed by atoms with E-state index in [9.17, 15) is 17.6 Å². The zero-order valence-electron chi connectivity index (χ0n) is 17.0. The minimum absolute atomic E-state index is 0.340. The highest BCUT2D eigenvalue weighted by Gasteiger charge is 2.29. The molecule has 1 atom stereocenters. The number of carbonyl (C=O) groups is 1. The summed E-state index contributed by atoms with van der Waals surface area (Å²) in [6.07, 6.45) is 0. The number of nitrogens with one attached hydrogen (secondary N) is 1. The highest BCUT2D eigenvalue weighted by molar-refractivity contribution is 7.89. The fourth-order valence-corrected chi connectivity index (χ4v) is 4.72. The van der Waals surface area contributed by atoms with E-state index in [0.717, 1.165) is 17.5 Å². The highest BCUT2D eigenvalue weighted by Crippen LogP contribution is 2.28. The molecule has 1 aliphatic rings. The summed E-state index contributed by atoms with van der Waals surface area (Å²) in [5.41, 5.74) is 0.972. The number of ether oxygens (including phenoxy) is 1. The molecule has 1 N–H and O–H groups in total. The van der Waals surface area contributed by atoms with Crippen LogP contribution >= 0.6 is 0 Å². The number of anilines is 1. The molecule has 0 unspecified atom stereocenters. The first-order valence-corrected chi connectivity index (χ1v) is 11.3. The number of rotatable bonds is 7. The standard InChI is InChI=1S/C21H26FN3O4S/c1-3-29-19-10-6-5-9-18(19)24-12-14-25(15-13-24)21(26)16(2)23-30(27,28)20-11-7-4-8-17(20)22/h4-11,16,23H,3,12-15H2,1-2H3/t16-/m0/s1. The van der Waals surface area contributed by atoms with Gasteiger partial charge in [-0.1, -0.05) is 24.3 Å². The fraction of sp³-hybridized carbons (Fsp3) is 0.381. The van der Waals surface area contributed by atoms with E-state index in [-0.39, 0.29) is 5.91 Å². The summed E-state index contributed by atoms with van der Waals surface area (Å²) in [7, 11) is -4.14. The van der Waals surface area contributed by atoms with Crippen LogP contribution in [0.5, 0.6) is 5.75 Å². The third-order valence-electron chi connectivity index (χ3n) is 4.93. The van der Waals surface area contributed by atoms with Crippen LogP contribution in [0.25, 0.3) is 0 Å². The summed E-state index contributed by atoms with van der Waals surface area (Å²) in [5, 5.41) is 0. The number of hydrogen-bond donors (Lipinski definition) is 1. The molecule has 0 aliphatic carbocycles. The van der Waals surface area contributed by atoms with Gasteiger partial charge in [-0.15, -0.1) is 0 Å². The Balaban J connectivity index is 1.62. The molecule has 0 spiro atoms. The summed E-state index contributed by atoms with van der Waals surface area (Å²) >= 11 is 0. The lowest BCUT2D eigenvalue weighted by molar-refractivity contribution is -0.132. The van der Waals surface area contributed by atoms with Crippen LogP contribution in [0.3, 0.4) is 0 Å². The van der Waals surface area contributed by atoms with Crippen molar-refractivity contribution in [2.45, 2.75) is 24.8 Å². The van der Waals surface area contributed by atoms with E-state index >= 15 is 0 Å². The minimum Gasteiger partial charge on any atom is -0.492 e. The van der Waals surface area contributed by atoms with Gasteiger partial charge in [0.15, 0.2) is 0 Å². The summed E-state index contributed by atoms with van der Waals surface area (Å²) in [6, 6.07) is 11.8. The van der Waals surface area contributed by atoms with Gasteiger partial charge in [0.05, 0.1) is 18.3 Å². The molecule has 2 aromatic rings. The number of amides is 1. The number of para-hydroxylation sites is 2. The second-order valence-corrected chi connectivity index (χ2v) is 8.67. The minimum atomic E-state index is -4.14. The first kappa shape index (κ1) is 22.0. The summed E-state index contributed by atoms with van der Waals surface area (Å²) in [4.78, 5) is 16.1. The normalized spacial score (nSPS) is 15.7. The maximum Gasteiger partial charge on any atom is 0.244 e. The largest absolute Gasteiger partial charge is 0.492 e. The number of piperazine rings is 1. The predicted molar refractivity (Wildman–Crippen MR) is 113 cm³/mol. The highest BCUT2D eigenvalue weighted by atomic mass is 32.2. The third-order valence-corrected chi connectivity index (χ3v) is 6.50. The predicted octanol–water partition coefficient (Wildman–Crippen LogP) is 2.24. The van der Waals surface area contributed by atoms with Crippen molar-refractivity contribution in [1.82, 2.24) is 9.62 Å². The molecule has 0 bridgehead atoms. The van der Waals surface area contributed by atoms with Crippen LogP contribution in [-0.2, 0) is 14.8 Å². The quantitative estimate of drug-likeness (QED) is 0.722. The molecule has 3 rings (SSSR count). The van der Waals surface area contributed by atoms with Crippen LogP contribution in [0.4, 0.5) is 10.1 Å². The van der Waals surface area contributed by atoms with Gasteiger partial charge in [0.25, 0.3) is 0 Å². The third kappa shape index (κ3) is 4.91. The number of halogens is 1. The Labute approximate surface area is 176 Å². The van der Waals surface area contributed by atoms with Gasteiger partial charge in [-0.2, -0.15) is 4.72 Å². The van der Waals surface area contributed by atoms with Crippen molar-refractivity contribution in [2.75, 3.05) is 37.7 Å². The van der Waals surface area contributed by atoms with E-state index in [0.29, 0.717) is 32.8 Å². The molecule has 1 saturated heterocycles. The second-order valence-electron chi connectivity index (χ2n) is 6.99. The molecule has 0 radical (unpaired) electrons. The van der Waals surface area contributed by atoms with Crippen LogP contribution in [0.2, 0.25) is 0 Å². The maximum absolute atomic E-state index is 13.9. The molecule has 162 valence electrons. The first-order chi connectivity index (χ1) is 14.3. The van der Waals surface area contributed by atoms with Crippen LogP contribution in [0, 0.1) is 5.82 Å². The molecule has 7 nitrogen and oxygen atoms in total. The molecule has 1 fully saturated rings. The Bertz CT molecular complexity index is 991. The van der Waals surface area contributed by atoms with Crippen molar-refractivity contribution >= 4 is 21.6 Å². The van der Waals surface area contributed by atoms with E-state index in [4.69, 9.17) is 4.74 Å². The van der Waals surface area contributed by atoms with Crippen molar-refractivity contribution in [3.05, 3.63) is 54.3 Å². The van der Waals surface area contributed by atoms with Crippen molar-refractivity contribution in [2.24, 2.45) is 0 Å². The molecule has 9 heteroatoms. The van der Waals surface area contributed by atoms with E-state index in [1.165, 1.54) is 25.1 Å². The van der Waals surface area contributed by atoms with Crippen LogP contribution < -0.4 is 14.4 Å². The lowest BCUT2D eigenvalue weighted by Crippen LogP contribution is -2.54. The number of hydrogen-bond acceptors (Lipinski definition) is 5. The van der Waals surface area contributed by atoms with Gasteiger partial charge in [0.2, 0.25) is 15.9 Å². The fourth-order valence-electron chi connectivity index (χ4n) is 3.45. The zero-order valence-corrected chi connectivity index (χ0v) is 17.9. The molecule has 1 heterocycles. The first-order valence-electron chi connectivity index (χ1n) is 9.86. The van der Waals surface area contributed by atoms with Crippen molar-refractivity contribution in [3.8, 4) is 5.75 Å². The summed E-state index contributed by atoms with van der Waals surface area (Å²) in [5.74, 6) is -0.398. The smallest absolute Gasteiger partial charge is 0.244 e. The maximum atomic E-state index is 13.9. The summed E-state index contributed by atoms with van der Waals surface area (Å²) < 4.78 is 46.7. The van der Waals surface area contributed by atoms with Gasteiger partial charge in [-0.05, 0) is 38.1 Å². The van der Waals surface area contributed by atoms with E-state index < -0.39 is 26.8 Å². The lowest BCUT2D eigenvalue weighted by atomic mass is 10.2. The van der Waals surface area contributed by atoms with Gasteiger partial charge in [0, 0.05) is 26.2 Å². The topological polar surface area (TPSA) is 79.0 Å². The Morgan fingerprint density at radius 1 is 1.10 bits per heavy atom. The lowest BCUT2D eigenvalue weighted by Gasteiger charge is -2.37. The molecule has 1 aliphatic heterocycles. The van der Waals surface area contributed by atoms with E-state index in [2.05, 4.69) is 9.62 Å². The molecular weight excluding hydrogens is 409 g/mol.